The van der Waals surface area contributed by atoms with Gasteiger partial charge < -0.3 is 10.1 Å². The number of esters is 1. The van der Waals surface area contributed by atoms with Crippen LogP contribution in [0.1, 0.15) is 52.5 Å². The minimum atomic E-state index is -0.378. The molecule has 3 rings (SSSR count). The first-order chi connectivity index (χ1) is 12.6. The van der Waals surface area contributed by atoms with Gasteiger partial charge in [-0.15, -0.1) is 11.3 Å². The molecule has 1 aromatic heterocycles. The van der Waals surface area contributed by atoms with Crippen molar-refractivity contribution in [2.75, 3.05) is 11.9 Å². The van der Waals surface area contributed by atoms with E-state index in [1.165, 1.54) is 17.4 Å². The molecule has 1 aromatic carbocycles. The van der Waals surface area contributed by atoms with Gasteiger partial charge in [-0.05, 0) is 56.2 Å². The maximum atomic E-state index is 13.7. The summed E-state index contributed by atoms with van der Waals surface area (Å²) >= 11 is 1.46. The third-order valence-electron chi connectivity index (χ3n) is 4.48. The molecular weight excluding hydrogens is 353 g/mol. The van der Waals surface area contributed by atoms with Gasteiger partial charge in [0.2, 0.25) is 5.91 Å². The summed E-state index contributed by atoms with van der Waals surface area (Å²) in [5.74, 6) is -0.909. The molecule has 1 aliphatic rings. The molecular formula is C20H22FNO3S. The van der Waals surface area contributed by atoms with Crippen LogP contribution in [-0.2, 0) is 28.8 Å². The van der Waals surface area contributed by atoms with Crippen molar-refractivity contribution in [2.45, 2.75) is 45.4 Å². The van der Waals surface area contributed by atoms with Gasteiger partial charge in [-0.2, -0.15) is 0 Å². The van der Waals surface area contributed by atoms with Crippen molar-refractivity contribution in [2.24, 2.45) is 0 Å². The van der Waals surface area contributed by atoms with E-state index in [1.807, 2.05) is 0 Å². The number of nitrogens with one attached hydrogen (secondary N) is 1. The van der Waals surface area contributed by atoms with Gasteiger partial charge >= 0.3 is 5.97 Å². The van der Waals surface area contributed by atoms with Gasteiger partial charge in [0.1, 0.15) is 10.8 Å². The number of thiophene rings is 1. The van der Waals surface area contributed by atoms with Crippen LogP contribution in [0.5, 0.6) is 0 Å². The summed E-state index contributed by atoms with van der Waals surface area (Å²) in [6.07, 6.45) is 4.37. The zero-order valence-corrected chi connectivity index (χ0v) is 15.6. The molecule has 0 atom stereocenters. The van der Waals surface area contributed by atoms with Crippen LogP contribution in [0.4, 0.5) is 9.39 Å². The Balaban J connectivity index is 1.74. The van der Waals surface area contributed by atoms with Crippen LogP contribution in [-0.4, -0.2) is 18.5 Å². The smallest absolute Gasteiger partial charge is 0.341 e. The Morgan fingerprint density at radius 2 is 2.00 bits per heavy atom. The topological polar surface area (TPSA) is 55.4 Å². The maximum Gasteiger partial charge on any atom is 0.341 e. The third kappa shape index (κ3) is 4.12. The first-order valence-corrected chi connectivity index (χ1v) is 9.76. The predicted molar refractivity (Wildman–Crippen MR) is 100 cm³/mol. The molecule has 0 spiro atoms. The number of halogens is 1. The fourth-order valence-electron chi connectivity index (χ4n) is 3.21. The first kappa shape index (κ1) is 18.6. The Hall–Kier alpha value is -2.21. The fraction of sp³-hybridized carbons (Fsp3) is 0.400. The minimum absolute atomic E-state index is 0.158. The zero-order valence-electron chi connectivity index (χ0n) is 14.8. The highest BCUT2D eigenvalue weighted by Crippen LogP contribution is 2.38. The summed E-state index contributed by atoms with van der Waals surface area (Å²) in [5, 5.41) is 3.42. The number of anilines is 1. The van der Waals surface area contributed by atoms with E-state index in [4.69, 9.17) is 4.74 Å². The SMILES string of the molecule is CCOC(=O)c1c(NC(=O)CCc2ccccc2F)sc2c1CCCC2. The molecule has 1 N–H and O–H groups in total. The Morgan fingerprint density at radius 3 is 2.77 bits per heavy atom. The molecule has 0 fully saturated rings. The average Bonchev–Trinajstić information content (AvgIpc) is 2.99. The van der Waals surface area contributed by atoms with Crippen molar-refractivity contribution in [1.82, 2.24) is 0 Å². The number of amides is 1. The van der Waals surface area contributed by atoms with E-state index < -0.39 is 0 Å². The number of carbonyl (C=O) groups excluding carboxylic acids is 2. The number of hydrogen-bond donors (Lipinski definition) is 1. The molecule has 26 heavy (non-hydrogen) atoms. The second-order valence-electron chi connectivity index (χ2n) is 6.28. The summed E-state index contributed by atoms with van der Waals surface area (Å²) in [4.78, 5) is 25.9. The average molecular weight is 375 g/mol. The van der Waals surface area contributed by atoms with Crippen LogP contribution in [0.25, 0.3) is 0 Å². The summed E-state index contributed by atoms with van der Waals surface area (Å²) in [6, 6.07) is 6.44. The number of benzene rings is 1. The molecule has 0 aliphatic heterocycles. The van der Waals surface area contributed by atoms with E-state index in [0.717, 1.165) is 36.1 Å². The Kier molecular flexibility index (Phi) is 6.04. The number of carbonyl (C=O) groups is 2. The number of ether oxygens (including phenoxy) is 1. The van der Waals surface area contributed by atoms with Crippen molar-refractivity contribution >= 4 is 28.2 Å². The lowest BCUT2D eigenvalue weighted by atomic mass is 9.95. The Bertz CT molecular complexity index is 815. The van der Waals surface area contributed by atoms with Gasteiger partial charge in [0, 0.05) is 11.3 Å². The van der Waals surface area contributed by atoms with E-state index in [-0.39, 0.29) is 24.1 Å². The van der Waals surface area contributed by atoms with Crippen LogP contribution >= 0.6 is 11.3 Å². The number of hydrogen-bond acceptors (Lipinski definition) is 4. The van der Waals surface area contributed by atoms with Crippen molar-refractivity contribution < 1.29 is 18.7 Å². The van der Waals surface area contributed by atoms with Crippen LogP contribution in [0.15, 0.2) is 24.3 Å². The summed E-state index contributed by atoms with van der Waals surface area (Å²) in [6.45, 7) is 2.06. The standard InChI is InChI=1S/C20H22FNO3S/c1-2-25-20(24)18-14-8-4-6-10-16(14)26-19(18)22-17(23)12-11-13-7-3-5-9-15(13)21/h3,5,7,9H,2,4,6,8,10-12H2,1H3,(H,22,23). The van der Waals surface area contributed by atoms with Gasteiger partial charge in [-0.25, -0.2) is 9.18 Å². The Labute approximate surface area is 156 Å². The van der Waals surface area contributed by atoms with E-state index >= 15 is 0 Å². The normalized spacial score (nSPS) is 13.2. The molecule has 0 unspecified atom stereocenters. The zero-order chi connectivity index (χ0) is 18.5. The largest absolute Gasteiger partial charge is 0.462 e. The molecule has 4 nitrogen and oxygen atoms in total. The van der Waals surface area contributed by atoms with Crippen molar-refractivity contribution in [3.05, 3.63) is 51.7 Å². The second kappa shape index (κ2) is 8.45. The van der Waals surface area contributed by atoms with Gasteiger partial charge in [0.15, 0.2) is 0 Å². The van der Waals surface area contributed by atoms with E-state index in [9.17, 15) is 14.0 Å². The van der Waals surface area contributed by atoms with Gasteiger partial charge in [0.25, 0.3) is 0 Å². The lowest BCUT2D eigenvalue weighted by Gasteiger charge is -2.12. The molecule has 0 bridgehead atoms. The van der Waals surface area contributed by atoms with Crippen LogP contribution in [0.2, 0.25) is 0 Å². The number of rotatable bonds is 6. The highest BCUT2D eigenvalue weighted by molar-refractivity contribution is 7.17. The fourth-order valence-corrected chi connectivity index (χ4v) is 4.51. The molecule has 0 saturated heterocycles. The third-order valence-corrected chi connectivity index (χ3v) is 5.69. The molecule has 0 radical (unpaired) electrons. The van der Waals surface area contributed by atoms with Crippen LogP contribution in [0.3, 0.4) is 0 Å². The lowest BCUT2D eigenvalue weighted by molar-refractivity contribution is -0.116. The van der Waals surface area contributed by atoms with Crippen LogP contribution in [0, 0.1) is 5.82 Å². The molecule has 6 heteroatoms. The molecule has 0 saturated carbocycles. The van der Waals surface area contributed by atoms with E-state index in [2.05, 4.69) is 5.32 Å². The number of aryl methyl sites for hydroxylation is 2. The quantitative estimate of drug-likeness (QED) is 0.756. The van der Waals surface area contributed by atoms with Gasteiger partial charge in [-0.1, -0.05) is 18.2 Å². The maximum absolute atomic E-state index is 13.7. The van der Waals surface area contributed by atoms with Crippen LogP contribution < -0.4 is 5.32 Å². The molecule has 1 amide bonds. The van der Waals surface area contributed by atoms with E-state index in [0.29, 0.717) is 29.2 Å². The molecule has 1 heterocycles. The lowest BCUT2D eigenvalue weighted by Crippen LogP contribution is -2.16. The molecule has 138 valence electrons. The summed E-state index contributed by atoms with van der Waals surface area (Å²) in [5.41, 5.74) is 2.04. The Morgan fingerprint density at radius 1 is 1.23 bits per heavy atom. The summed E-state index contributed by atoms with van der Waals surface area (Å²) < 4.78 is 18.9. The second-order valence-corrected chi connectivity index (χ2v) is 7.38. The molecule has 2 aromatic rings. The highest BCUT2D eigenvalue weighted by Gasteiger charge is 2.27. The van der Waals surface area contributed by atoms with Crippen molar-refractivity contribution in [3.8, 4) is 0 Å². The van der Waals surface area contributed by atoms with Gasteiger partial charge in [-0.3, -0.25) is 4.79 Å². The molecule has 1 aliphatic carbocycles. The number of fused-ring (bicyclic) bond motifs is 1. The van der Waals surface area contributed by atoms with Gasteiger partial charge in [0.05, 0.1) is 12.2 Å². The highest BCUT2D eigenvalue weighted by atomic mass is 32.1. The van der Waals surface area contributed by atoms with Crippen molar-refractivity contribution in [1.29, 1.82) is 0 Å². The minimum Gasteiger partial charge on any atom is -0.462 e. The predicted octanol–water partition coefficient (Wildman–Crippen LogP) is 4.51. The van der Waals surface area contributed by atoms with E-state index in [1.54, 1.807) is 25.1 Å². The summed E-state index contributed by atoms with van der Waals surface area (Å²) in [7, 11) is 0. The first-order valence-electron chi connectivity index (χ1n) is 8.95. The van der Waals surface area contributed by atoms with Crippen molar-refractivity contribution in [3.63, 3.8) is 0 Å². The monoisotopic (exact) mass is 375 g/mol.